The third-order valence-electron chi connectivity index (χ3n) is 4.55. The van der Waals surface area contributed by atoms with Crippen LogP contribution >= 0.6 is 11.3 Å². The first-order valence-corrected chi connectivity index (χ1v) is 10.3. The van der Waals surface area contributed by atoms with Gasteiger partial charge in [0.05, 0.1) is 22.4 Å². The molecule has 2 aromatic carbocycles. The van der Waals surface area contributed by atoms with Gasteiger partial charge in [-0.15, -0.1) is 0 Å². The number of fused-ring (bicyclic) bond motifs is 2. The molecule has 1 aromatic heterocycles. The molecule has 3 aromatic rings. The summed E-state index contributed by atoms with van der Waals surface area (Å²) in [5.74, 6) is 0.141. The number of nitrogens with zero attached hydrogens (tertiary/aromatic N) is 2. The maximum absolute atomic E-state index is 12.6. The summed E-state index contributed by atoms with van der Waals surface area (Å²) < 4.78 is 6.41. The molecule has 0 bridgehead atoms. The molecular weight excluding hydrogens is 404 g/mol. The van der Waals surface area contributed by atoms with Gasteiger partial charge >= 0.3 is 0 Å². The summed E-state index contributed by atoms with van der Waals surface area (Å²) in [6, 6.07) is 12.7. The highest BCUT2D eigenvalue weighted by molar-refractivity contribution is 7.22. The molecule has 0 saturated heterocycles. The van der Waals surface area contributed by atoms with E-state index in [1.54, 1.807) is 23.1 Å². The Kier molecular flexibility index (Phi) is 5.62. The topological polar surface area (TPSA) is 101 Å². The monoisotopic (exact) mass is 424 g/mol. The van der Waals surface area contributed by atoms with Crippen LogP contribution in [0.4, 0.5) is 16.5 Å². The van der Waals surface area contributed by atoms with Crippen LogP contribution < -0.4 is 20.3 Å². The minimum Gasteiger partial charge on any atom is -0.490 e. The number of rotatable bonds is 5. The molecule has 0 unspecified atom stereocenters. The third kappa shape index (κ3) is 4.41. The molecule has 1 aliphatic rings. The fourth-order valence-corrected chi connectivity index (χ4v) is 4.17. The molecule has 0 spiro atoms. The molecule has 2 heterocycles. The Morgan fingerprint density at radius 1 is 1.13 bits per heavy atom. The normalized spacial score (nSPS) is 12.8. The van der Waals surface area contributed by atoms with E-state index in [-0.39, 0.29) is 30.6 Å². The number of thiazole rings is 1. The predicted octanol–water partition coefficient (Wildman–Crippen LogP) is 3.40. The van der Waals surface area contributed by atoms with Crippen molar-refractivity contribution in [1.29, 1.82) is 0 Å². The molecule has 9 heteroatoms. The summed E-state index contributed by atoms with van der Waals surface area (Å²) in [6.07, 6.45) is 0.186. The highest BCUT2D eigenvalue weighted by Gasteiger charge is 2.23. The van der Waals surface area contributed by atoms with Crippen molar-refractivity contribution < 1.29 is 19.1 Å². The first kappa shape index (κ1) is 19.8. The second kappa shape index (κ2) is 8.50. The van der Waals surface area contributed by atoms with Crippen molar-refractivity contribution in [2.45, 2.75) is 19.8 Å². The van der Waals surface area contributed by atoms with Crippen molar-refractivity contribution in [1.82, 2.24) is 4.98 Å². The lowest BCUT2D eigenvalue weighted by Crippen LogP contribution is -2.38. The summed E-state index contributed by atoms with van der Waals surface area (Å²) >= 11 is 1.33. The minimum absolute atomic E-state index is 0.0796. The fraction of sp³-hybridized carbons (Fsp3) is 0.238. The van der Waals surface area contributed by atoms with Crippen LogP contribution in [0.25, 0.3) is 10.2 Å². The molecule has 1 aliphatic heterocycles. The lowest BCUT2D eigenvalue weighted by atomic mass is 10.2. The maximum Gasteiger partial charge on any atom is 0.227 e. The van der Waals surface area contributed by atoms with Gasteiger partial charge in [-0.25, -0.2) is 4.98 Å². The van der Waals surface area contributed by atoms with E-state index in [0.717, 1.165) is 15.9 Å². The number of carbonyl (C=O) groups is 3. The smallest absolute Gasteiger partial charge is 0.227 e. The van der Waals surface area contributed by atoms with Crippen LogP contribution in [-0.2, 0) is 14.4 Å². The first-order chi connectivity index (χ1) is 14.5. The molecule has 154 valence electrons. The van der Waals surface area contributed by atoms with Crippen LogP contribution in [0.1, 0.15) is 19.8 Å². The van der Waals surface area contributed by atoms with E-state index >= 15 is 0 Å². The molecule has 4 rings (SSSR count). The number of hydrogen-bond donors (Lipinski definition) is 2. The van der Waals surface area contributed by atoms with Crippen molar-refractivity contribution in [2.75, 3.05) is 28.7 Å². The molecule has 0 aliphatic carbocycles. The van der Waals surface area contributed by atoms with Crippen LogP contribution in [0.15, 0.2) is 42.5 Å². The third-order valence-corrected chi connectivity index (χ3v) is 5.48. The Morgan fingerprint density at radius 2 is 1.97 bits per heavy atom. The Bertz CT molecular complexity index is 1130. The standard InChI is InChI=1S/C21H20N4O4S/c1-13(26)22-21-24-15-7-6-14(12-18(15)30-21)23-19(27)8-9-20(28)25-10-11-29-17-5-3-2-4-16(17)25/h2-7,12H,8-11H2,1H3,(H,23,27)(H,22,24,26). The van der Waals surface area contributed by atoms with E-state index in [1.165, 1.54) is 18.3 Å². The number of anilines is 3. The SMILES string of the molecule is CC(=O)Nc1nc2ccc(NC(=O)CCC(=O)N3CCOc4ccccc43)cc2s1. The van der Waals surface area contributed by atoms with Crippen molar-refractivity contribution in [3.05, 3.63) is 42.5 Å². The second-order valence-corrected chi connectivity index (χ2v) is 7.82. The molecule has 0 radical (unpaired) electrons. The zero-order valence-electron chi connectivity index (χ0n) is 16.3. The summed E-state index contributed by atoms with van der Waals surface area (Å²) in [6.45, 7) is 2.33. The van der Waals surface area contributed by atoms with E-state index in [2.05, 4.69) is 15.6 Å². The summed E-state index contributed by atoms with van der Waals surface area (Å²) in [7, 11) is 0. The zero-order valence-corrected chi connectivity index (χ0v) is 17.1. The Balaban J connectivity index is 1.36. The van der Waals surface area contributed by atoms with E-state index in [1.807, 2.05) is 24.3 Å². The summed E-state index contributed by atoms with van der Waals surface area (Å²) in [5.41, 5.74) is 2.09. The lowest BCUT2D eigenvalue weighted by Gasteiger charge is -2.29. The van der Waals surface area contributed by atoms with Gasteiger partial charge in [-0.1, -0.05) is 23.5 Å². The Labute approximate surface area is 176 Å². The molecule has 3 amide bonds. The Hall–Kier alpha value is -3.46. The van der Waals surface area contributed by atoms with Crippen LogP contribution in [0.5, 0.6) is 5.75 Å². The van der Waals surface area contributed by atoms with Gasteiger partial charge in [0.2, 0.25) is 17.7 Å². The average molecular weight is 424 g/mol. The molecule has 2 N–H and O–H groups in total. The minimum atomic E-state index is -0.240. The van der Waals surface area contributed by atoms with E-state index < -0.39 is 0 Å². The van der Waals surface area contributed by atoms with Gasteiger partial charge in [0.25, 0.3) is 0 Å². The van der Waals surface area contributed by atoms with Gasteiger partial charge in [0.15, 0.2) is 5.13 Å². The van der Waals surface area contributed by atoms with Gasteiger partial charge in [0.1, 0.15) is 12.4 Å². The van der Waals surface area contributed by atoms with Crippen LogP contribution in [0.3, 0.4) is 0 Å². The van der Waals surface area contributed by atoms with Crippen LogP contribution in [0.2, 0.25) is 0 Å². The van der Waals surface area contributed by atoms with Crippen molar-refractivity contribution >= 4 is 55.8 Å². The summed E-state index contributed by atoms with van der Waals surface area (Å²) in [4.78, 5) is 42.1. The largest absolute Gasteiger partial charge is 0.490 e. The molecule has 0 fully saturated rings. The highest BCUT2D eigenvalue weighted by Crippen LogP contribution is 2.31. The van der Waals surface area contributed by atoms with E-state index in [0.29, 0.717) is 29.7 Å². The highest BCUT2D eigenvalue weighted by atomic mass is 32.1. The van der Waals surface area contributed by atoms with Gasteiger partial charge in [-0.3, -0.25) is 14.4 Å². The predicted molar refractivity (Wildman–Crippen MR) is 116 cm³/mol. The van der Waals surface area contributed by atoms with Crippen LogP contribution in [0, 0.1) is 0 Å². The fourth-order valence-electron chi connectivity index (χ4n) is 3.21. The van der Waals surface area contributed by atoms with Gasteiger partial charge in [-0.2, -0.15) is 0 Å². The molecular formula is C21H20N4O4S. The quantitative estimate of drug-likeness (QED) is 0.654. The van der Waals surface area contributed by atoms with Crippen molar-refractivity contribution in [2.24, 2.45) is 0 Å². The number of aromatic nitrogens is 1. The Morgan fingerprint density at radius 3 is 2.80 bits per heavy atom. The van der Waals surface area contributed by atoms with Gasteiger partial charge < -0.3 is 20.3 Å². The number of ether oxygens (including phenoxy) is 1. The number of benzene rings is 2. The number of carbonyl (C=O) groups excluding carboxylic acids is 3. The van der Waals surface area contributed by atoms with Gasteiger partial charge in [-0.05, 0) is 30.3 Å². The van der Waals surface area contributed by atoms with Gasteiger partial charge in [0, 0.05) is 25.5 Å². The molecule has 0 atom stereocenters. The zero-order chi connectivity index (χ0) is 21.1. The van der Waals surface area contributed by atoms with Crippen LogP contribution in [-0.4, -0.2) is 35.9 Å². The van der Waals surface area contributed by atoms with E-state index in [4.69, 9.17) is 4.74 Å². The number of hydrogen-bond acceptors (Lipinski definition) is 6. The number of nitrogens with one attached hydrogen (secondary N) is 2. The number of para-hydroxylation sites is 2. The number of amides is 3. The second-order valence-electron chi connectivity index (χ2n) is 6.79. The molecule has 0 saturated carbocycles. The van der Waals surface area contributed by atoms with Crippen molar-refractivity contribution in [3.63, 3.8) is 0 Å². The first-order valence-electron chi connectivity index (χ1n) is 9.50. The average Bonchev–Trinajstić information content (AvgIpc) is 3.12. The summed E-state index contributed by atoms with van der Waals surface area (Å²) in [5, 5.41) is 5.99. The van der Waals surface area contributed by atoms with E-state index in [9.17, 15) is 14.4 Å². The molecule has 8 nitrogen and oxygen atoms in total. The molecule has 30 heavy (non-hydrogen) atoms. The maximum atomic E-state index is 12.6. The lowest BCUT2D eigenvalue weighted by molar-refractivity contribution is -0.122. The van der Waals surface area contributed by atoms with Crippen molar-refractivity contribution in [3.8, 4) is 5.75 Å².